The maximum absolute atomic E-state index is 12.9. The summed E-state index contributed by atoms with van der Waals surface area (Å²) in [5.74, 6) is -0.227. The molecule has 2 rings (SSSR count). The molecule has 1 aliphatic heterocycles. The summed E-state index contributed by atoms with van der Waals surface area (Å²) in [5.41, 5.74) is -0.0830. The molecule has 7 heteroatoms. The predicted octanol–water partition coefficient (Wildman–Crippen LogP) is 1.04. The fraction of sp³-hybridized carbons (Fsp3) is 0.600. The molecular weight excluding hydrogens is 307 g/mol. The highest BCUT2D eigenvalue weighted by molar-refractivity contribution is 7.89. The minimum Gasteiger partial charge on any atom is -0.387 e. The highest BCUT2D eigenvalue weighted by Crippen LogP contribution is 2.25. The van der Waals surface area contributed by atoms with E-state index < -0.39 is 15.6 Å². The smallest absolute Gasteiger partial charge is 0.213 e. The minimum absolute atomic E-state index is 0.0501. The third kappa shape index (κ3) is 4.25. The summed E-state index contributed by atoms with van der Waals surface area (Å²) >= 11 is 0. The Morgan fingerprint density at radius 1 is 1.36 bits per heavy atom. The molecule has 1 atom stereocenters. The number of β-amino-alcohol motifs (C(OH)–C–C–N with tert-alkyl or cyclic N) is 1. The zero-order valence-corrected chi connectivity index (χ0v) is 13.8. The number of likely N-dealkylation sites (N-methyl/N-ethyl adjacent to an activating group) is 1. The zero-order valence-electron chi connectivity index (χ0n) is 13.0. The van der Waals surface area contributed by atoms with E-state index in [9.17, 15) is 17.9 Å². The van der Waals surface area contributed by atoms with Crippen molar-refractivity contribution in [1.29, 1.82) is 0 Å². The van der Waals surface area contributed by atoms with Gasteiger partial charge in [-0.05, 0) is 38.1 Å². The van der Waals surface area contributed by atoms with Gasteiger partial charge in [0.15, 0.2) is 0 Å². The summed E-state index contributed by atoms with van der Waals surface area (Å²) in [5, 5.41) is 10.6. The topological polar surface area (TPSA) is 60.9 Å². The first-order valence-electron chi connectivity index (χ1n) is 7.37. The largest absolute Gasteiger partial charge is 0.387 e. The predicted molar refractivity (Wildman–Crippen MR) is 83.3 cm³/mol. The van der Waals surface area contributed by atoms with Gasteiger partial charge in [-0.25, -0.2) is 12.8 Å². The van der Waals surface area contributed by atoms with E-state index in [-0.39, 0.29) is 18.1 Å². The molecule has 0 bridgehead atoms. The molecule has 0 spiro atoms. The lowest BCUT2D eigenvalue weighted by molar-refractivity contribution is 0.0219. The molecule has 1 saturated heterocycles. The Labute approximate surface area is 131 Å². The minimum atomic E-state index is -3.26. The first-order chi connectivity index (χ1) is 10.2. The summed E-state index contributed by atoms with van der Waals surface area (Å²) in [4.78, 5) is 1.93. The maximum atomic E-state index is 12.9. The van der Waals surface area contributed by atoms with Crippen LogP contribution in [0.1, 0.15) is 18.9 Å². The van der Waals surface area contributed by atoms with Gasteiger partial charge in [-0.2, -0.15) is 4.31 Å². The van der Waals surface area contributed by atoms with Crippen LogP contribution in [-0.2, 0) is 16.6 Å². The Balaban J connectivity index is 1.94. The van der Waals surface area contributed by atoms with Crippen LogP contribution < -0.4 is 0 Å². The SMILES string of the molecule is CCS(=O)(=O)N1CCC(O)(CN(C)Cc2ccc(F)cc2)C1. The molecular formula is C15H23FN2O3S. The zero-order chi connectivity index (χ0) is 16.4. The number of benzene rings is 1. The molecule has 0 aromatic heterocycles. The van der Waals surface area contributed by atoms with Gasteiger partial charge >= 0.3 is 0 Å². The van der Waals surface area contributed by atoms with Crippen LogP contribution in [0.25, 0.3) is 0 Å². The first kappa shape index (κ1) is 17.3. The molecule has 1 fully saturated rings. The summed E-state index contributed by atoms with van der Waals surface area (Å²) in [6.07, 6.45) is 0.431. The second-order valence-corrected chi connectivity index (χ2v) is 8.26. The molecule has 1 N–H and O–H groups in total. The number of aliphatic hydroxyl groups is 1. The Bertz CT molecular complexity index is 606. The Morgan fingerprint density at radius 2 is 2.00 bits per heavy atom. The number of rotatable bonds is 6. The van der Waals surface area contributed by atoms with E-state index in [2.05, 4.69) is 0 Å². The van der Waals surface area contributed by atoms with Crippen LogP contribution in [0.5, 0.6) is 0 Å². The van der Waals surface area contributed by atoms with Crippen LogP contribution in [-0.4, -0.2) is 60.8 Å². The molecule has 0 radical (unpaired) electrons. The summed E-state index contributed by atoms with van der Waals surface area (Å²) in [6, 6.07) is 6.22. The first-order valence-corrected chi connectivity index (χ1v) is 8.98. The van der Waals surface area contributed by atoms with Crippen molar-refractivity contribution in [3.63, 3.8) is 0 Å². The number of nitrogens with zero attached hydrogens (tertiary/aromatic N) is 2. The average molecular weight is 330 g/mol. The van der Waals surface area contributed by atoms with Gasteiger partial charge in [-0.1, -0.05) is 12.1 Å². The van der Waals surface area contributed by atoms with Crippen molar-refractivity contribution in [2.75, 3.05) is 32.4 Å². The van der Waals surface area contributed by atoms with E-state index >= 15 is 0 Å². The molecule has 124 valence electrons. The summed E-state index contributed by atoms with van der Waals surface area (Å²) < 4.78 is 38.0. The quantitative estimate of drug-likeness (QED) is 0.847. The standard InChI is InChI=1S/C15H23FN2O3S/c1-3-22(20,21)18-9-8-15(19,12-18)11-17(2)10-13-4-6-14(16)7-5-13/h4-7,19H,3,8-12H2,1-2H3. The Morgan fingerprint density at radius 3 is 2.59 bits per heavy atom. The lowest BCUT2D eigenvalue weighted by Gasteiger charge is -2.29. The van der Waals surface area contributed by atoms with Crippen molar-refractivity contribution < 1.29 is 17.9 Å². The third-order valence-corrected chi connectivity index (χ3v) is 5.81. The molecule has 1 unspecified atom stereocenters. The molecule has 1 aliphatic rings. The van der Waals surface area contributed by atoms with Crippen LogP contribution in [0, 0.1) is 5.82 Å². The van der Waals surface area contributed by atoms with Crippen LogP contribution >= 0.6 is 0 Å². The monoisotopic (exact) mass is 330 g/mol. The van der Waals surface area contributed by atoms with Gasteiger partial charge in [0.05, 0.1) is 11.4 Å². The van der Waals surface area contributed by atoms with E-state index in [0.29, 0.717) is 26.1 Å². The molecule has 1 heterocycles. The van der Waals surface area contributed by atoms with Gasteiger partial charge in [0.1, 0.15) is 5.82 Å². The van der Waals surface area contributed by atoms with Crippen molar-refractivity contribution >= 4 is 10.0 Å². The fourth-order valence-electron chi connectivity index (χ4n) is 2.83. The van der Waals surface area contributed by atoms with Crippen molar-refractivity contribution in [3.8, 4) is 0 Å². The highest BCUT2D eigenvalue weighted by Gasteiger charge is 2.41. The normalized spacial score (nSPS) is 23.3. The molecule has 0 amide bonds. The van der Waals surface area contributed by atoms with Gasteiger partial charge in [-0.3, -0.25) is 4.90 Å². The van der Waals surface area contributed by atoms with Gasteiger partial charge in [0.25, 0.3) is 0 Å². The van der Waals surface area contributed by atoms with Gasteiger partial charge < -0.3 is 5.11 Å². The van der Waals surface area contributed by atoms with Gasteiger partial charge in [0.2, 0.25) is 10.0 Å². The van der Waals surface area contributed by atoms with Crippen LogP contribution in [0.15, 0.2) is 24.3 Å². The summed E-state index contributed by atoms with van der Waals surface area (Å²) in [7, 11) is -1.40. The second kappa shape index (κ2) is 6.62. The number of halogens is 1. The molecule has 5 nitrogen and oxygen atoms in total. The number of sulfonamides is 1. The lowest BCUT2D eigenvalue weighted by atomic mass is 10.0. The highest BCUT2D eigenvalue weighted by atomic mass is 32.2. The van der Waals surface area contributed by atoms with Crippen LogP contribution in [0.3, 0.4) is 0 Å². The van der Waals surface area contributed by atoms with E-state index in [1.807, 2.05) is 11.9 Å². The molecule has 22 heavy (non-hydrogen) atoms. The molecule has 0 aliphatic carbocycles. The third-order valence-electron chi connectivity index (χ3n) is 3.99. The second-order valence-electron chi connectivity index (χ2n) is 6.01. The number of hydrogen-bond donors (Lipinski definition) is 1. The van der Waals surface area contributed by atoms with Gasteiger partial charge in [-0.15, -0.1) is 0 Å². The van der Waals surface area contributed by atoms with E-state index in [1.165, 1.54) is 16.4 Å². The maximum Gasteiger partial charge on any atom is 0.213 e. The molecule has 1 aromatic rings. The molecule has 0 saturated carbocycles. The average Bonchev–Trinajstić information content (AvgIpc) is 2.84. The summed E-state index contributed by atoms with van der Waals surface area (Å²) in [6.45, 7) is 3.05. The van der Waals surface area contributed by atoms with Crippen LogP contribution in [0.2, 0.25) is 0 Å². The van der Waals surface area contributed by atoms with Crippen molar-refractivity contribution in [2.24, 2.45) is 0 Å². The van der Waals surface area contributed by atoms with E-state index in [4.69, 9.17) is 0 Å². The van der Waals surface area contributed by atoms with Crippen molar-refractivity contribution in [2.45, 2.75) is 25.5 Å². The van der Waals surface area contributed by atoms with E-state index in [0.717, 1.165) is 5.56 Å². The fourth-order valence-corrected chi connectivity index (χ4v) is 4.00. The Hall–Kier alpha value is -1.02. The van der Waals surface area contributed by atoms with Crippen molar-refractivity contribution in [1.82, 2.24) is 9.21 Å². The van der Waals surface area contributed by atoms with Crippen molar-refractivity contribution in [3.05, 3.63) is 35.6 Å². The van der Waals surface area contributed by atoms with Crippen LogP contribution in [0.4, 0.5) is 4.39 Å². The van der Waals surface area contributed by atoms with E-state index in [1.54, 1.807) is 19.1 Å². The Kier molecular flexibility index (Phi) is 5.21. The molecule has 1 aromatic carbocycles. The van der Waals surface area contributed by atoms with Gasteiger partial charge in [0, 0.05) is 26.2 Å². The lowest BCUT2D eigenvalue weighted by Crippen LogP contribution is -2.44. The number of hydrogen-bond acceptors (Lipinski definition) is 4.